The number of nitrogens with two attached hydrogens (primary N) is 1. The molecule has 2 nitrogen and oxygen atoms in total. The Balaban J connectivity index is 1.75. The zero-order chi connectivity index (χ0) is 22.9. The average Bonchev–Trinajstić information content (AvgIpc) is 2.87. The summed E-state index contributed by atoms with van der Waals surface area (Å²) >= 11 is 0. The summed E-state index contributed by atoms with van der Waals surface area (Å²) in [6.45, 7) is 5.38. The summed E-state index contributed by atoms with van der Waals surface area (Å²) in [5, 5.41) is 9.86. The van der Waals surface area contributed by atoms with Crippen LogP contribution in [0.25, 0.3) is 0 Å². The van der Waals surface area contributed by atoms with Gasteiger partial charge in [-0.15, -0.1) is 0 Å². The Labute approximate surface area is 197 Å². The van der Waals surface area contributed by atoms with Crippen molar-refractivity contribution < 1.29 is 0 Å². The molecule has 0 aliphatic heterocycles. The van der Waals surface area contributed by atoms with Gasteiger partial charge in [0.2, 0.25) is 0 Å². The number of allylic oxidation sites excluding steroid dienone is 4. The Morgan fingerprint density at radius 1 is 1.12 bits per heavy atom. The third-order valence-corrected chi connectivity index (χ3v) is 8.53. The molecule has 0 spiro atoms. The van der Waals surface area contributed by atoms with Crippen molar-refractivity contribution >= 4 is 0 Å². The highest BCUT2D eigenvalue weighted by Crippen LogP contribution is 2.46. The maximum absolute atomic E-state index is 9.86. The zero-order valence-corrected chi connectivity index (χ0v) is 20.5. The van der Waals surface area contributed by atoms with Crippen LogP contribution in [0.15, 0.2) is 48.1 Å². The van der Waals surface area contributed by atoms with E-state index in [1.54, 1.807) is 0 Å². The lowest BCUT2D eigenvalue weighted by Gasteiger charge is -2.40. The highest BCUT2D eigenvalue weighted by Gasteiger charge is 2.36. The second-order valence-electron chi connectivity index (χ2n) is 10.3. The maximum atomic E-state index is 9.86. The maximum Gasteiger partial charge on any atom is 0.0689 e. The Hall–Kier alpha value is -1.85. The van der Waals surface area contributed by atoms with Crippen LogP contribution in [0, 0.1) is 22.2 Å². The quantitative estimate of drug-likeness (QED) is 0.385. The van der Waals surface area contributed by atoms with E-state index in [1.807, 2.05) is 0 Å². The van der Waals surface area contributed by atoms with Crippen molar-refractivity contribution in [2.24, 2.45) is 16.6 Å². The van der Waals surface area contributed by atoms with Gasteiger partial charge in [0, 0.05) is 0 Å². The normalized spacial score (nSPS) is 20.8. The van der Waals surface area contributed by atoms with Gasteiger partial charge in [0.15, 0.2) is 0 Å². The summed E-state index contributed by atoms with van der Waals surface area (Å²) in [7, 11) is 0. The Morgan fingerprint density at radius 2 is 1.94 bits per heavy atom. The van der Waals surface area contributed by atoms with Crippen molar-refractivity contribution in [2.75, 3.05) is 6.54 Å². The third-order valence-electron chi connectivity index (χ3n) is 8.53. The molecule has 0 aromatic heterocycles. The molecule has 0 radical (unpaired) electrons. The minimum atomic E-state index is -0.0932. The lowest BCUT2D eigenvalue weighted by atomic mass is 9.65. The molecule has 2 aliphatic rings. The first-order chi connectivity index (χ1) is 15.6. The molecular weight excluding hydrogens is 388 g/mol. The smallest absolute Gasteiger partial charge is 0.0689 e. The summed E-state index contributed by atoms with van der Waals surface area (Å²) in [6, 6.07) is 11.9. The molecule has 0 heterocycles. The van der Waals surface area contributed by atoms with E-state index in [4.69, 9.17) is 5.73 Å². The minimum absolute atomic E-state index is 0.0932. The molecule has 2 atom stereocenters. The van der Waals surface area contributed by atoms with Crippen LogP contribution in [0.1, 0.15) is 108 Å². The van der Waals surface area contributed by atoms with E-state index in [9.17, 15) is 5.26 Å². The SMILES string of the molecule is CCC(c1cccc(CCC2(C#N)CCCCC2)c1)C(CC)(CN)CCC1=CCCC=C1. The molecule has 0 amide bonds. The van der Waals surface area contributed by atoms with Gasteiger partial charge >= 0.3 is 0 Å². The fraction of sp³-hybridized carbons (Fsp3) is 0.633. The molecule has 1 fully saturated rings. The summed E-state index contributed by atoms with van der Waals surface area (Å²) in [5.41, 5.74) is 10.9. The van der Waals surface area contributed by atoms with Crippen LogP contribution in [0.3, 0.4) is 0 Å². The van der Waals surface area contributed by atoms with E-state index < -0.39 is 0 Å². The van der Waals surface area contributed by atoms with Gasteiger partial charge in [0.25, 0.3) is 0 Å². The largest absolute Gasteiger partial charge is 0.330 e. The van der Waals surface area contributed by atoms with E-state index in [0.717, 1.165) is 57.9 Å². The van der Waals surface area contributed by atoms with Gasteiger partial charge in [-0.05, 0) is 93.2 Å². The Morgan fingerprint density at radius 3 is 2.56 bits per heavy atom. The van der Waals surface area contributed by atoms with Crippen molar-refractivity contribution in [3.05, 3.63) is 59.2 Å². The van der Waals surface area contributed by atoms with Crippen molar-refractivity contribution in [1.82, 2.24) is 0 Å². The average molecular weight is 433 g/mol. The molecule has 2 N–H and O–H groups in total. The number of aryl methyl sites for hydroxylation is 1. The predicted octanol–water partition coefficient (Wildman–Crippen LogP) is 8.00. The molecule has 32 heavy (non-hydrogen) atoms. The second kappa shape index (κ2) is 11.9. The molecule has 1 aromatic rings. The van der Waals surface area contributed by atoms with E-state index in [0.29, 0.717) is 5.92 Å². The fourth-order valence-electron chi connectivity index (χ4n) is 6.25. The predicted molar refractivity (Wildman–Crippen MR) is 136 cm³/mol. The molecule has 2 aliphatic carbocycles. The third kappa shape index (κ3) is 5.93. The van der Waals surface area contributed by atoms with Gasteiger partial charge < -0.3 is 5.73 Å². The topological polar surface area (TPSA) is 49.8 Å². The summed E-state index contributed by atoms with van der Waals surface area (Å²) in [4.78, 5) is 0. The van der Waals surface area contributed by atoms with Crippen molar-refractivity contribution in [3.63, 3.8) is 0 Å². The number of hydrogen-bond donors (Lipinski definition) is 1. The highest BCUT2D eigenvalue weighted by molar-refractivity contribution is 5.29. The molecule has 2 heteroatoms. The summed E-state index contributed by atoms with van der Waals surface area (Å²) < 4.78 is 0. The monoisotopic (exact) mass is 432 g/mol. The minimum Gasteiger partial charge on any atom is -0.330 e. The van der Waals surface area contributed by atoms with Crippen LogP contribution in [0.5, 0.6) is 0 Å². The van der Waals surface area contributed by atoms with Crippen LogP contribution >= 0.6 is 0 Å². The van der Waals surface area contributed by atoms with Gasteiger partial charge in [0.05, 0.1) is 11.5 Å². The lowest BCUT2D eigenvalue weighted by Crippen LogP contribution is -2.36. The first kappa shape index (κ1) is 24.8. The number of rotatable bonds is 11. The van der Waals surface area contributed by atoms with E-state index in [-0.39, 0.29) is 10.8 Å². The van der Waals surface area contributed by atoms with Crippen LogP contribution in [-0.2, 0) is 6.42 Å². The van der Waals surface area contributed by atoms with Crippen molar-refractivity contribution in [2.45, 2.75) is 103 Å². The Kier molecular flexibility index (Phi) is 9.18. The first-order valence-corrected chi connectivity index (χ1v) is 13.2. The van der Waals surface area contributed by atoms with E-state index in [2.05, 4.69) is 62.4 Å². The standard InChI is InChI=1S/C30H44N2/c1-3-28(30(4-2,24-32)21-17-25-12-7-5-8-13-25)27-15-11-14-26(22-27)16-20-29(23-31)18-9-6-10-19-29/h7,11-15,22,28H,3-6,8-10,16-21,24,32H2,1-2H3. The number of nitriles is 1. The van der Waals surface area contributed by atoms with Gasteiger partial charge in [-0.2, -0.15) is 5.26 Å². The molecule has 174 valence electrons. The fourth-order valence-corrected chi connectivity index (χ4v) is 6.25. The van der Waals surface area contributed by atoms with Gasteiger partial charge in [-0.1, -0.05) is 81.2 Å². The molecule has 0 bridgehead atoms. The molecule has 1 aromatic carbocycles. The van der Waals surface area contributed by atoms with E-state index in [1.165, 1.54) is 48.8 Å². The van der Waals surface area contributed by atoms with Crippen molar-refractivity contribution in [1.29, 1.82) is 5.26 Å². The number of nitrogens with zero attached hydrogens (tertiary/aromatic N) is 1. The van der Waals surface area contributed by atoms with Gasteiger partial charge in [-0.3, -0.25) is 0 Å². The summed E-state index contributed by atoms with van der Waals surface area (Å²) in [6.07, 6.45) is 21.8. The highest BCUT2D eigenvalue weighted by atomic mass is 14.6. The first-order valence-electron chi connectivity index (χ1n) is 13.2. The van der Waals surface area contributed by atoms with E-state index >= 15 is 0 Å². The van der Waals surface area contributed by atoms with Crippen LogP contribution in [-0.4, -0.2) is 6.54 Å². The van der Waals surface area contributed by atoms with Crippen LogP contribution in [0.2, 0.25) is 0 Å². The van der Waals surface area contributed by atoms with Crippen LogP contribution in [0.4, 0.5) is 0 Å². The van der Waals surface area contributed by atoms with Crippen molar-refractivity contribution in [3.8, 4) is 6.07 Å². The van der Waals surface area contributed by atoms with Gasteiger partial charge in [-0.25, -0.2) is 0 Å². The molecule has 2 unspecified atom stereocenters. The Bertz CT molecular complexity index is 815. The number of hydrogen-bond acceptors (Lipinski definition) is 2. The molecule has 0 saturated heterocycles. The summed E-state index contributed by atoms with van der Waals surface area (Å²) in [5.74, 6) is 0.477. The molecular formula is C30H44N2. The van der Waals surface area contributed by atoms with Gasteiger partial charge in [0.1, 0.15) is 0 Å². The second-order valence-corrected chi connectivity index (χ2v) is 10.3. The molecule has 1 saturated carbocycles. The number of benzene rings is 1. The molecule has 3 rings (SSSR count). The van der Waals surface area contributed by atoms with Crippen LogP contribution < -0.4 is 5.73 Å². The zero-order valence-electron chi connectivity index (χ0n) is 20.5. The lowest BCUT2D eigenvalue weighted by molar-refractivity contribution is 0.196.